The van der Waals surface area contributed by atoms with Gasteiger partial charge in [0.25, 0.3) is 12.2 Å². The second-order valence-electron chi connectivity index (χ2n) is 3.77. The molecule has 1 N–H and O–H groups in total. The van der Waals surface area contributed by atoms with E-state index in [1.54, 1.807) is 19.1 Å². The lowest BCUT2D eigenvalue weighted by Gasteiger charge is -2.29. The van der Waals surface area contributed by atoms with E-state index in [0.717, 1.165) is 0 Å². The number of amides is 1. The standard InChI is InChI=1S/C12H13NO5/c1-3-17-11(15)7-4-5-8-9(6-7)18-12(16)10(14)13(8)2/h4-6,12,16H,3H2,1-2H3. The van der Waals surface area contributed by atoms with Crippen LogP contribution in [0.1, 0.15) is 17.3 Å². The smallest absolute Gasteiger partial charge is 0.338 e. The highest BCUT2D eigenvalue weighted by Crippen LogP contribution is 2.33. The molecule has 18 heavy (non-hydrogen) atoms. The molecule has 0 aromatic heterocycles. The van der Waals surface area contributed by atoms with Gasteiger partial charge in [0.1, 0.15) is 5.75 Å². The van der Waals surface area contributed by atoms with Crippen LogP contribution < -0.4 is 9.64 Å². The Hall–Kier alpha value is -2.08. The first kappa shape index (κ1) is 12.4. The Balaban J connectivity index is 2.36. The van der Waals surface area contributed by atoms with Gasteiger partial charge in [-0.3, -0.25) is 4.79 Å². The van der Waals surface area contributed by atoms with E-state index in [9.17, 15) is 14.7 Å². The molecule has 0 aliphatic carbocycles. The summed E-state index contributed by atoms with van der Waals surface area (Å²) in [6, 6.07) is 4.56. The highest BCUT2D eigenvalue weighted by atomic mass is 16.6. The Labute approximate surface area is 104 Å². The molecular formula is C12H13NO5. The normalized spacial score (nSPS) is 18.1. The first-order chi connectivity index (χ1) is 8.54. The van der Waals surface area contributed by atoms with Crippen LogP contribution in [0.5, 0.6) is 5.75 Å². The number of carbonyl (C=O) groups excluding carboxylic acids is 2. The van der Waals surface area contributed by atoms with E-state index >= 15 is 0 Å². The highest BCUT2D eigenvalue weighted by Gasteiger charge is 2.31. The Bertz CT molecular complexity index is 499. The number of anilines is 1. The maximum absolute atomic E-state index is 11.5. The molecule has 0 fully saturated rings. The van der Waals surface area contributed by atoms with Gasteiger partial charge in [0.15, 0.2) is 0 Å². The predicted molar refractivity (Wildman–Crippen MR) is 62.4 cm³/mol. The van der Waals surface area contributed by atoms with Crippen molar-refractivity contribution in [2.24, 2.45) is 0 Å². The number of benzene rings is 1. The summed E-state index contributed by atoms with van der Waals surface area (Å²) in [4.78, 5) is 24.3. The molecule has 0 bridgehead atoms. The van der Waals surface area contributed by atoms with Crippen molar-refractivity contribution in [3.63, 3.8) is 0 Å². The lowest BCUT2D eigenvalue weighted by atomic mass is 10.1. The predicted octanol–water partition coefficient (Wildman–Crippen LogP) is 0.537. The molecule has 1 heterocycles. The van der Waals surface area contributed by atoms with E-state index in [-0.39, 0.29) is 12.4 Å². The van der Waals surface area contributed by atoms with E-state index in [0.29, 0.717) is 11.3 Å². The fourth-order valence-electron chi connectivity index (χ4n) is 1.68. The van der Waals surface area contributed by atoms with Gasteiger partial charge in [-0.25, -0.2) is 4.79 Å². The number of carbonyl (C=O) groups is 2. The van der Waals surface area contributed by atoms with Crippen LogP contribution in [0.4, 0.5) is 5.69 Å². The van der Waals surface area contributed by atoms with Gasteiger partial charge in [0, 0.05) is 7.05 Å². The molecule has 1 unspecified atom stereocenters. The van der Waals surface area contributed by atoms with Crippen LogP contribution in [-0.2, 0) is 9.53 Å². The molecule has 1 aromatic carbocycles. The third-order valence-electron chi connectivity index (χ3n) is 2.61. The van der Waals surface area contributed by atoms with Crippen LogP contribution in [0.2, 0.25) is 0 Å². The monoisotopic (exact) mass is 251 g/mol. The van der Waals surface area contributed by atoms with E-state index in [1.807, 2.05) is 0 Å². The van der Waals surface area contributed by atoms with Gasteiger partial charge >= 0.3 is 5.97 Å². The number of rotatable bonds is 2. The molecule has 6 nitrogen and oxygen atoms in total. The molecule has 1 aromatic rings. The van der Waals surface area contributed by atoms with Crippen molar-refractivity contribution in [2.75, 3.05) is 18.6 Å². The second kappa shape index (κ2) is 4.66. The fraction of sp³-hybridized carbons (Fsp3) is 0.333. The topological polar surface area (TPSA) is 76.1 Å². The van der Waals surface area contributed by atoms with E-state index in [4.69, 9.17) is 9.47 Å². The lowest BCUT2D eigenvalue weighted by molar-refractivity contribution is -0.141. The SMILES string of the molecule is CCOC(=O)c1ccc2c(c1)OC(O)C(=O)N2C. The van der Waals surface area contributed by atoms with E-state index < -0.39 is 18.2 Å². The summed E-state index contributed by atoms with van der Waals surface area (Å²) >= 11 is 0. The number of likely N-dealkylation sites (N-methyl/N-ethyl adjacent to an activating group) is 1. The van der Waals surface area contributed by atoms with Crippen molar-refractivity contribution in [1.82, 2.24) is 0 Å². The van der Waals surface area contributed by atoms with Crippen molar-refractivity contribution in [2.45, 2.75) is 13.2 Å². The number of hydrogen-bond acceptors (Lipinski definition) is 5. The summed E-state index contributed by atoms with van der Waals surface area (Å²) in [5.41, 5.74) is 0.809. The van der Waals surface area contributed by atoms with Gasteiger partial charge in [0.05, 0.1) is 17.9 Å². The number of nitrogens with zero attached hydrogens (tertiary/aromatic N) is 1. The van der Waals surface area contributed by atoms with Crippen LogP contribution in [0.3, 0.4) is 0 Å². The van der Waals surface area contributed by atoms with Gasteiger partial charge in [-0.15, -0.1) is 0 Å². The van der Waals surface area contributed by atoms with Gasteiger partial charge in [0.2, 0.25) is 0 Å². The summed E-state index contributed by atoms with van der Waals surface area (Å²) in [5, 5.41) is 9.40. The molecular weight excluding hydrogens is 238 g/mol. The van der Waals surface area contributed by atoms with E-state index in [2.05, 4.69) is 0 Å². The minimum atomic E-state index is -1.54. The number of esters is 1. The van der Waals surface area contributed by atoms with Crippen LogP contribution in [0, 0.1) is 0 Å². The zero-order chi connectivity index (χ0) is 13.3. The van der Waals surface area contributed by atoms with Gasteiger partial charge in [-0.1, -0.05) is 0 Å². The molecule has 6 heteroatoms. The van der Waals surface area contributed by atoms with E-state index in [1.165, 1.54) is 18.0 Å². The molecule has 0 radical (unpaired) electrons. The summed E-state index contributed by atoms with van der Waals surface area (Å²) < 4.78 is 9.90. The fourth-order valence-corrected chi connectivity index (χ4v) is 1.68. The second-order valence-corrected chi connectivity index (χ2v) is 3.77. The minimum Gasteiger partial charge on any atom is -0.462 e. The first-order valence-corrected chi connectivity index (χ1v) is 5.48. The van der Waals surface area contributed by atoms with Gasteiger partial charge in [-0.05, 0) is 25.1 Å². The largest absolute Gasteiger partial charge is 0.462 e. The molecule has 0 saturated carbocycles. The average molecular weight is 251 g/mol. The molecule has 1 atom stereocenters. The molecule has 1 amide bonds. The summed E-state index contributed by atoms with van der Waals surface area (Å²) in [7, 11) is 1.52. The maximum Gasteiger partial charge on any atom is 0.338 e. The Morgan fingerprint density at radius 2 is 2.28 bits per heavy atom. The van der Waals surface area contributed by atoms with Crippen molar-refractivity contribution < 1.29 is 24.2 Å². The summed E-state index contributed by atoms with van der Waals surface area (Å²) in [6.07, 6.45) is -1.54. The van der Waals surface area contributed by atoms with Crippen molar-refractivity contribution in [3.8, 4) is 5.75 Å². The van der Waals surface area contributed by atoms with Crippen molar-refractivity contribution >= 4 is 17.6 Å². The molecule has 0 saturated heterocycles. The van der Waals surface area contributed by atoms with Crippen LogP contribution >= 0.6 is 0 Å². The number of aliphatic hydroxyl groups is 1. The zero-order valence-electron chi connectivity index (χ0n) is 10.0. The quantitative estimate of drug-likeness (QED) is 0.776. The average Bonchev–Trinajstić information content (AvgIpc) is 2.36. The van der Waals surface area contributed by atoms with Gasteiger partial charge < -0.3 is 19.5 Å². The molecule has 1 aliphatic heterocycles. The Kier molecular flexibility index (Phi) is 3.20. The Morgan fingerprint density at radius 1 is 1.56 bits per heavy atom. The number of hydrogen-bond donors (Lipinski definition) is 1. The van der Waals surface area contributed by atoms with Gasteiger partial charge in [-0.2, -0.15) is 0 Å². The molecule has 0 spiro atoms. The van der Waals surface area contributed by atoms with Crippen LogP contribution in [0.15, 0.2) is 18.2 Å². The van der Waals surface area contributed by atoms with Crippen molar-refractivity contribution in [1.29, 1.82) is 0 Å². The minimum absolute atomic E-state index is 0.273. The summed E-state index contributed by atoms with van der Waals surface area (Å²) in [5.74, 6) is -0.750. The highest BCUT2D eigenvalue weighted by molar-refractivity contribution is 6.00. The zero-order valence-corrected chi connectivity index (χ0v) is 10.0. The first-order valence-electron chi connectivity index (χ1n) is 5.48. The van der Waals surface area contributed by atoms with Crippen molar-refractivity contribution in [3.05, 3.63) is 23.8 Å². The molecule has 96 valence electrons. The number of fused-ring (bicyclic) bond motifs is 1. The number of aliphatic hydroxyl groups excluding tert-OH is 1. The summed E-state index contributed by atoms with van der Waals surface area (Å²) in [6.45, 7) is 1.99. The van der Waals surface area contributed by atoms with Crippen LogP contribution in [0.25, 0.3) is 0 Å². The van der Waals surface area contributed by atoms with Crippen LogP contribution in [-0.4, -0.2) is 36.9 Å². The lowest BCUT2D eigenvalue weighted by Crippen LogP contribution is -2.43. The Morgan fingerprint density at radius 3 is 2.94 bits per heavy atom. The molecule has 2 rings (SSSR count). The maximum atomic E-state index is 11.5. The third-order valence-corrected chi connectivity index (χ3v) is 2.61. The third kappa shape index (κ3) is 2.02. The molecule has 1 aliphatic rings. The number of ether oxygens (including phenoxy) is 2.